The summed E-state index contributed by atoms with van der Waals surface area (Å²) in [4.78, 5) is 101. The van der Waals surface area contributed by atoms with Crippen LogP contribution in [0.1, 0.15) is 77.6 Å². The van der Waals surface area contributed by atoms with Crippen LogP contribution in [0.3, 0.4) is 0 Å². The van der Waals surface area contributed by atoms with Crippen molar-refractivity contribution in [3.8, 4) is 0 Å². The van der Waals surface area contributed by atoms with Crippen molar-refractivity contribution in [3.05, 3.63) is 77.9 Å². The van der Waals surface area contributed by atoms with E-state index in [1.54, 1.807) is 61.7 Å². The van der Waals surface area contributed by atoms with Crippen LogP contribution < -0.4 is 21.3 Å². The molecule has 3 saturated carbocycles. The van der Waals surface area contributed by atoms with E-state index in [-0.39, 0.29) is 44.2 Å². The molecule has 5 aliphatic rings. The number of amides is 4. The third-order valence-electron chi connectivity index (χ3n) is 15.1. The van der Waals surface area contributed by atoms with Gasteiger partial charge >= 0.3 is 11.9 Å². The predicted molar refractivity (Wildman–Crippen MR) is 257 cm³/mol. The minimum Gasteiger partial charge on any atom is -0.481 e. The lowest BCUT2D eigenvalue weighted by Crippen LogP contribution is -2.70. The van der Waals surface area contributed by atoms with Crippen molar-refractivity contribution in [2.75, 3.05) is 24.7 Å². The number of carboxylic acids is 2. The molecule has 4 amide bonds. The quantitative estimate of drug-likeness (QED) is 0.0931. The maximum atomic E-state index is 17.8. The first-order valence-electron chi connectivity index (χ1n) is 23.5. The average Bonchev–Trinajstić information content (AvgIpc) is 3.84. The Morgan fingerprint density at radius 2 is 1.56 bits per heavy atom. The second-order valence-electron chi connectivity index (χ2n) is 19.3. The van der Waals surface area contributed by atoms with Crippen LogP contribution in [-0.4, -0.2) is 134 Å². The number of allylic oxidation sites excluding steroid dienone is 4. The van der Waals surface area contributed by atoms with Gasteiger partial charge in [0.25, 0.3) is 0 Å². The van der Waals surface area contributed by atoms with Crippen LogP contribution in [0.2, 0.25) is 0 Å². The van der Waals surface area contributed by atoms with Crippen molar-refractivity contribution < 1.29 is 77.0 Å². The number of nitrogens with one attached hydrogen (secondary N) is 4. The number of hydrogen-bond acceptors (Lipinski definition) is 14. The summed E-state index contributed by atoms with van der Waals surface area (Å²) < 4.78 is 46.8. The van der Waals surface area contributed by atoms with Crippen LogP contribution in [0.5, 0.6) is 0 Å². The minimum absolute atomic E-state index is 0.0149. The molecule has 0 spiro atoms. The molecule has 4 fully saturated rings. The number of ether oxygens (including phenoxy) is 2. The predicted octanol–water partition coefficient (Wildman–Crippen LogP) is 3.99. The Kier molecular flexibility index (Phi) is 16.2. The van der Waals surface area contributed by atoms with E-state index in [1.807, 2.05) is 0 Å². The van der Waals surface area contributed by atoms with Gasteiger partial charge in [-0.25, -0.2) is 8.78 Å². The third-order valence-corrected chi connectivity index (χ3v) is 17.0. The molecule has 4 aliphatic carbocycles. The molecule has 1 aliphatic heterocycles. The summed E-state index contributed by atoms with van der Waals surface area (Å²) >= 11 is 2.42. The average molecular weight is 1040 g/mol. The van der Waals surface area contributed by atoms with Gasteiger partial charge in [0.15, 0.2) is 29.1 Å². The normalized spacial score (nSPS) is 31.3. The summed E-state index contributed by atoms with van der Waals surface area (Å²) in [6, 6.07) is 11.5. The molecular weight excluding hydrogens is 983 g/mol. The smallest absolute Gasteiger partial charge is 0.305 e. The number of anilines is 1. The third kappa shape index (κ3) is 10.2. The highest BCUT2D eigenvalue weighted by Crippen LogP contribution is 2.72. The maximum absolute atomic E-state index is 17.8. The number of aliphatic carboxylic acids is 2. The standard InChI is InChI=1S/C50H58F2N4O14S2/c1-25(54-44(67)35(13-14-41(62)63)56-40(61)16-18-53-45(68)36(71-4)22-42(64)65)43(66)55-27-7-11-30(12-8-27)72-29-9-5-26(6-10-29)46-69-39-21-31-32-20-34(51)33-19-28(58)15-17-47(33,2)49(32,52)37(59)23-48(31,3)50(39,70-46)38(60)24-57/h5-12,15,17,19,25,31-32,34-37,39,46,57,59H,13-14,16,18,20-24H2,1-4H3,(H,53,68)(H,54,67)(H,55,66)(H,56,61)(H,62,63)(H,64,65)/t25-,31-,32-,34-,35-,36?,37-,39+,46+,47-,48-,49-,50+/m0/s1. The van der Waals surface area contributed by atoms with Gasteiger partial charge in [0, 0.05) is 57.2 Å². The van der Waals surface area contributed by atoms with E-state index in [1.165, 1.54) is 37.8 Å². The lowest BCUT2D eigenvalue weighted by molar-refractivity contribution is -0.235. The van der Waals surface area contributed by atoms with Gasteiger partial charge in [0.2, 0.25) is 23.6 Å². The van der Waals surface area contributed by atoms with Crippen LogP contribution in [0.15, 0.2) is 82.1 Å². The number of carbonyl (C=O) groups is 8. The van der Waals surface area contributed by atoms with Crippen molar-refractivity contribution in [1.82, 2.24) is 16.0 Å². The first kappa shape index (κ1) is 54.3. The van der Waals surface area contributed by atoms with Crippen LogP contribution in [0, 0.1) is 22.7 Å². The van der Waals surface area contributed by atoms with Gasteiger partial charge in [0.1, 0.15) is 24.9 Å². The molecule has 7 rings (SSSR count). The highest BCUT2D eigenvalue weighted by atomic mass is 32.2. The zero-order valence-corrected chi connectivity index (χ0v) is 41.5. The van der Waals surface area contributed by atoms with Crippen LogP contribution >= 0.6 is 23.5 Å². The fourth-order valence-corrected chi connectivity index (χ4v) is 12.9. The van der Waals surface area contributed by atoms with E-state index >= 15 is 8.78 Å². The molecule has 72 heavy (non-hydrogen) atoms. The molecule has 2 aromatic carbocycles. The van der Waals surface area contributed by atoms with E-state index in [4.69, 9.17) is 14.6 Å². The number of aliphatic hydroxyl groups excluding tert-OH is 2. The number of Topliss-reactive ketones (excluding diaryl/α,β-unsaturated/α-hetero) is 1. The van der Waals surface area contributed by atoms with E-state index < -0.39 is 143 Å². The van der Waals surface area contributed by atoms with Gasteiger partial charge in [-0.2, -0.15) is 11.8 Å². The number of benzene rings is 2. The van der Waals surface area contributed by atoms with Crippen LogP contribution in [-0.2, 0) is 47.8 Å². The van der Waals surface area contributed by atoms with Crippen molar-refractivity contribution in [1.29, 1.82) is 0 Å². The van der Waals surface area contributed by atoms with E-state index in [0.29, 0.717) is 11.3 Å². The molecule has 388 valence electrons. The van der Waals surface area contributed by atoms with Gasteiger partial charge < -0.3 is 51.2 Å². The van der Waals surface area contributed by atoms with Gasteiger partial charge in [0.05, 0.1) is 23.9 Å². The molecule has 0 bridgehead atoms. The molecule has 8 N–H and O–H groups in total. The molecule has 13 atom stereocenters. The zero-order valence-electron chi connectivity index (χ0n) is 39.9. The number of alkyl halides is 2. The molecule has 18 nitrogen and oxygen atoms in total. The van der Waals surface area contributed by atoms with E-state index in [0.717, 1.165) is 27.6 Å². The van der Waals surface area contributed by atoms with E-state index in [9.17, 15) is 53.7 Å². The van der Waals surface area contributed by atoms with E-state index in [2.05, 4.69) is 21.3 Å². The minimum atomic E-state index is -2.37. The summed E-state index contributed by atoms with van der Waals surface area (Å²) in [5.41, 5.74) is -6.12. The first-order chi connectivity index (χ1) is 34.0. The largest absolute Gasteiger partial charge is 0.481 e. The highest BCUT2D eigenvalue weighted by Gasteiger charge is 2.80. The second kappa shape index (κ2) is 21.5. The monoisotopic (exact) mass is 1040 g/mol. The van der Waals surface area contributed by atoms with Gasteiger partial charge in [-0.05, 0) is 106 Å². The summed E-state index contributed by atoms with van der Waals surface area (Å²) in [6.45, 7) is 3.54. The molecule has 0 aromatic heterocycles. The number of aliphatic hydroxyl groups is 2. The number of ketones is 2. The Labute approximate surface area is 421 Å². The van der Waals surface area contributed by atoms with Crippen molar-refractivity contribution in [2.45, 2.75) is 129 Å². The second-order valence-corrected chi connectivity index (χ2v) is 21.5. The Balaban J connectivity index is 0.937. The van der Waals surface area contributed by atoms with Gasteiger partial charge in [-0.3, -0.25) is 38.4 Å². The molecule has 22 heteroatoms. The maximum Gasteiger partial charge on any atom is 0.305 e. The number of carboxylic acid groups (broad SMARTS) is 2. The topological polar surface area (TPSA) is 284 Å². The summed E-state index contributed by atoms with van der Waals surface area (Å²) in [5.74, 6) is -7.99. The number of carbonyl (C=O) groups excluding carboxylic acids is 6. The number of halogens is 2. The molecule has 1 heterocycles. The molecule has 2 aromatic rings. The van der Waals surface area contributed by atoms with Gasteiger partial charge in [-0.15, -0.1) is 0 Å². The number of thioether (sulfide) groups is 1. The van der Waals surface area contributed by atoms with Crippen LogP contribution in [0.25, 0.3) is 0 Å². The SMILES string of the molecule is CSC(CC(=O)O)C(=O)NCCC(=O)N[C@@H](CCC(=O)O)C(=O)N[C@@H](C)C(=O)Nc1ccc(Sc2ccc([C@@H]3O[C@@H]4C[C@H]5[C@@H]6C[C@H](F)C7=CC(=O)C=C[C@]7(C)[C@@]6(F)[C@@H](O)C[C@]5(C)[C@]4(C(=O)CO)O3)cc2)cc1. The lowest BCUT2D eigenvalue weighted by Gasteiger charge is -2.63. The number of fused-ring (bicyclic) bond motifs is 7. The molecule has 1 saturated heterocycles. The zero-order chi connectivity index (χ0) is 52.5. The molecule has 1 unspecified atom stereocenters. The van der Waals surface area contributed by atoms with Crippen molar-refractivity contribution in [2.24, 2.45) is 22.7 Å². The summed E-state index contributed by atoms with van der Waals surface area (Å²) in [7, 11) is 0. The summed E-state index contributed by atoms with van der Waals surface area (Å²) in [5, 5.41) is 49.5. The van der Waals surface area contributed by atoms with Crippen molar-refractivity contribution in [3.63, 3.8) is 0 Å². The Morgan fingerprint density at radius 3 is 2.18 bits per heavy atom. The number of rotatable bonds is 20. The number of hydrogen-bond donors (Lipinski definition) is 8. The van der Waals surface area contributed by atoms with Crippen LogP contribution in [0.4, 0.5) is 14.5 Å². The Morgan fingerprint density at radius 1 is 0.889 bits per heavy atom. The molecular formula is C50H58F2N4O14S2. The highest BCUT2D eigenvalue weighted by molar-refractivity contribution is 8.00. The lowest BCUT2D eigenvalue weighted by atomic mass is 9.44. The fraction of sp³-hybridized carbons (Fsp3) is 0.520. The fourth-order valence-electron chi connectivity index (χ4n) is 11.4. The van der Waals surface area contributed by atoms with Gasteiger partial charge in [-0.1, -0.05) is 36.9 Å². The van der Waals surface area contributed by atoms with Crippen molar-refractivity contribution >= 4 is 76.3 Å². The Bertz CT molecular complexity index is 2550. The summed E-state index contributed by atoms with van der Waals surface area (Å²) in [6.07, 6.45) is -2.08. The first-order valence-corrected chi connectivity index (χ1v) is 25.6. The Hall–Kier alpha value is -5.52. The molecule has 0 radical (unpaired) electrons.